The molecular formula is C18H27N5O2. The number of carbonyl (C=O) groups excluding carboxylic acids is 1. The second-order valence-electron chi connectivity index (χ2n) is 6.79. The number of nitrogens with zero attached hydrogens (tertiary/aromatic N) is 3. The number of carbonyl (C=O) groups is 1. The summed E-state index contributed by atoms with van der Waals surface area (Å²) in [6.45, 7) is 5.33. The molecule has 0 bridgehead atoms. The molecular weight excluding hydrogens is 318 g/mol. The van der Waals surface area contributed by atoms with Gasteiger partial charge in [0.15, 0.2) is 5.65 Å². The van der Waals surface area contributed by atoms with E-state index in [4.69, 9.17) is 0 Å². The summed E-state index contributed by atoms with van der Waals surface area (Å²) in [5.74, 6) is 0.310. The molecule has 0 saturated carbocycles. The summed E-state index contributed by atoms with van der Waals surface area (Å²) in [5, 5.41) is 5.90. The third-order valence-corrected chi connectivity index (χ3v) is 4.86. The number of amides is 1. The fraction of sp³-hybridized carbons (Fsp3) is 0.611. The van der Waals surface area contributed by atoms with Crippen molar-refractivity contribution in [2.24, 2.45) is 5.92 Å². The number of hydrogen-bond donors (Lipinski definition) is 2. The lowest BCUT2D eigenvalue weighted by Crippen LogP contribution is -2.40. The summed E-state index contributed by atoms with van der Waals surface area (Å²) in [5.41, 5.74) is 1.34. The quantitative estimate of drug-likeness (QED) is 0.746. The summed E-state index contributed by atoms with van der Waals surface area (Å²) in [6, 6.07) is 3.37. The van der Waals surface area contributed by atoms with Crippen LogP contribution in [0, 0.1) is 5.92 Å². The number of unbranched alkanes of at least 4 members (excludes halogenated alkanes) is 2. The summed E-state index contributed by atoms with van der Waals surface area (Å²) >= 11 is 0. The van der Waals surface area contributed by atoms with Crippen molar-refractivity contribution in [2.45, 2.75) is 45.6 Å². The summed E-state index contributed by atoms with van der Waals surface area (Å²) < 4.78 is 1.43. The van der Waals surface area contributed by atoms with Gasteiger partial charge in [0.1, 0.15) is 0 Å². The van der Waals surface area contributed by atoms with Gasteiger partial charge in [0.05, 0.1) is 5.69 Å². The van der Waals surface area contributed by atoms with E-state index in [0.29, 0.717) is 12.2 Å². The molecule has 25 heavy (non-hydrogen) atoms. The third-order valence-electron chi connectivity index (χ3n) is 4.86. The third kappa shape index (κ3) is 4.48. The van der Waals surface area contributed by atoms with Crippen LogP contribution in [0.1, 0.15) is 44.7 Å². The second kappa shape index (κ2) is 8.29. The average molecular weight is 345 g/mol. The number of aromatic amines is 1. The minimum absolute atomic E-state index is 0.0913. The molecule has 3 heterocycles. The van der Waals surface area contributed by atoms with E-state index in [1.807, 2.05) is 0 Å². The van der Waals surface area contributed by atoms with Crippen molar-refractivity contribution in [3.05, 3.63) is 34.4 Å². The molecule has 0 radical (unpaired) electrons. The fourth-order valence-electron chi connectivity index (χ4n) is 3.37. The zero-order chi connectivity index (χ0) is 17.6. The molecule has 0 spiro atoms. The molecule has 7 heteroatoms. The van der Waals surface area contributed by atoms with Gasteiger partial charge in [0, 0.05) is 37.3 Å². The van der Waals surface area contributed by atoms with E-state index in [-0.39, 0.29) is 17.4 Å². The van der Waals surface area contributed by atoms with Gasteiger partial charge in [-0.05, 0) is 32.4 Å². The van der Waals surface area contributed by atoms with Gasteiger partial charge in [-0.3, -0.25) is 19.6 Å². The van der Waals surface area contributed by atoms with Crippen molar-refractivity contribution in [3.8, 4) is 0 Å². The molecule has 1 aliphatic heterocycles. The molecule has 0 aromatic carbocycles. The zero-order valence-corrected chi connectivity index (χ0v) is 14.8. The van der Waals surface area contributed by atoms with Gasteiger partial charge < -0.3 is 5.32 Å². The van der Waals surface area contributed by atoms with Gasteiger partial charge in [0.25, 0.3) is 5.56 Å². The Kier molecular flexibility index (Phi) is 5.86. The smallest absolute Gasteiger partial charge is 0.272 e. The van der Waals surface area contributed by atoms with Gasteiger partial charge in [-0.1, -0.05) is 19.8 Å². The van der Waals surface area contributed by atoms with E-state index in [9.17, 15) is 9.59 Å². The standard InChI is InChI=1S/C18H27N5O2/c1-2-3-4-8-19-18(25)14-6-10-22(11-7-14)13-15-12-17(24)23-16(21-15)5-9-20-23/h5,9,12,14,20H,2-4,6-8,10-11,13H2,1H3,(H,19,25). The first-order valence-electron chi connectivity index (χ1n) is 9.23. The summed E-state index contributed by atoms with van der Waals surface area (Å²) in [7, 11) is 0. The number of H-pyrrole nitrogens is 1. The molecule has 1 saturated heterocycles. The lowest BCUT2D eigenvalue weighted by Gasteiger charge is -2.31. The Balaban J connectivity index is 1.48. The number of rotatable bonds is 7. The molecule has 0 unspecified atom stereocenters. The largest absolute Gasteiger partial charge is 0.356 e. The predicted molar refractivity (Wildman–Crippen MR) is 96.3 cm³/mol. The van der Waals surface area contributed by atoms with Crippen LogP contribution in [-0.4, -0.2) is 45.0 Å². The lowest BCUT2D eigenvalue weighted by atomic mass is 9.95. The first-order chi connectivity index (χ1) is 12.2. The number of likely N-dealkylation sites (tertiary alicyclic amines) is 1. The molecule has 1 fully saturated rings. The van der Waals surface area contributed by atoms with Crippen molar-refractivity contribution in [3.63, 3.8) is 0 Å². The normalized spacial score (nSPS) is 16.4. The Labute approximate surface area is 147 Å². The van der Waals surface area contributed by atoms with Gasteiger partial charge in [0.2, 0.25) is 5.91 Å². The van der Waals surface area contributed by atoms with E-state index >= 15 is 0 Å². The van der Waals surface area contributed by atoms with Crippen molar-refractivity contribution in [1.82, 2.24) is 24.8 Å². The van der Waals surface area contributed by atoms with Crippen molar-refractivity contribution < 1.29 is 4.79 Å². The maximum absolute atomic E-state index is 12.2. The van der Waals surface area contributed by atoms with Crippen LogP contribution in [0.15, 0.2) is 23.1 Å². The highest BCUT2D eigenvalue weighted by atomic mass is 16.2. The van der Waals surface area contributed by atoms with Crippen LogP contribution in [-0.2, 0) is 11.3 Å². The Morgan fingerprint density at radius 3 is 2.92 bits per heavy atom. The molecule has 0 aliphatic carbocycles. The van der Waals surface area contributed by atoms with Crippen LogP contribution >= 0.6 is 0 Å². The maximum atomic E-state index is 12.2. The van der Waals surface area contributed by atoms with E-state index in [0.717, 1.165) is 51.0 Å². The Bertz CT molecular complexity index is 758. The number of nitrogens with one attached hydrogen (secondary N) is 2. The second-order valence-corrected chi connectivity index (χ2v) is 6.79. The SMILES string of the molecule is CCCCCNC(=O)C1CCN(Cc2cc(=O)n3[nH]ccc3n2)CC1. The van der Waals surface area contributed by atoms with E-state index in [2.05, 4.69) is 27.2 Å². The molecule has 2 N–H and O–H groups in total. The van der Waals surface area contributed by atoms with Gasteiger partial charge >= 0.3 is 0 Å². The predicted octanol–water partition coefficient (Wildman–Crippen LogP) is 1.54. The number of piperidine rings is 1. The molecule has 136 valence electrons. The Morgan fingerprint density at radius 2 is 2.16 bits per heavy atom. The minimum atomic E-state index is -0.0913. The van der Waals surface area contributed by atoms with Crippen LogP contribution in [0.2, 0.25) is 0 Å². The van der Waals surface area contributed by atoms with E-state index < -0.39 is 0 Å². The van der Waals surface area contributed by atoms with E-state index in [1.165, 1.54) is 10.9 Å². The molecule has 1 amide bonds. The van der Waals surface area contributed by atoms with Gasteiger partial charge in [-0.2, -0.15) is 0 Å². The molecule has 7 nitrogen and oxygen atoms in total. The first kappa shape index (κ1) is 17.7. The molecule has 3 rings (SSSR count). The van der Waals surface area contributed by atoms with Crippen molar-refractivity contribution >= 4 is 11.6 Å². The van der Waals surface area contributed by atoms with Gasteiger partial charge in [-0.15, -0.1) is 0 Å². The average Bonchev–Trinajstić information content (AvgIpc) is 3.08. The number of aromatic nitrogens is 3. The molecule has 2 aromatic rings. The highest BCUT2D eigenvalue weighted by Crippen LogP contribution is 2.18. The lowest BCUT2D eigenvalue weighted by molar-refractivity contribution is -0.126. The van der Waals surface area contributed by atoms with Crippen LogP contribution in [0.3, 0.4) is 0 Å². The summed E-state index contributed by atoms with van der Waals surface area (Å²) in [4.78, 5) is 31.0. The summed E-state index contributed by atoms with van der Waals surface area (Å²) in [6.07, 6.45) is 6.83. The van der Waals surface area contributed by atoms with Crippen LogP contribution in [0.25, 0.3) is 5.65 Å². The van der Waals surface area contributed by atoms with E-state index in [1.54, 1.807) is 18.3 Å². The minimum Gasteiger partial charge on any atom is -0.356 e. The zero-order valence-electron chi connectivity index (χ0n) is 14.8. The molecule has 1 aliphatic rings. The highest BCUT2D eigenvalue weighted by Gasteiger charge is 2.25. The first-order valence-corrected chi connectivity index (χ1v) is 9.23. The highest BCUT2D eigenvalue weighted by molar-refractivity contribution is 5.78. The Morgan fingerprint density at radius 1 is 1.36 bits per heavy atom. The number of fused-ring (bicyclic) bond motifs is 1. The molecule has 2 aromatic heterocycles. The maximum Gasteiger partial charge on any atom is 0.272 e. The topological polar surface area (TPSA) is 82.5 Å². The monoisotopic (exact) mass is 345 g/mol. The fourth-order valence-corrected chi connectivity index (χ4v) is 3.37. The van der Waals surface area contributed by atoms with Crippen LogP contribution < -0.4 is 10.9 Å². The van der Waals surface area contributed by atoms with Crippen molar-refractivity contribution in [2.75, 3.05) is 19.6 Å². The van der Waals surface area contributed by atoms with Gasteiger partial charge in [-0.25, -0.2) is 9.50 Å². The van der Waals surface area contributed by atoms with Crippen LogP contribution in [0.5, 0.6) is 0 Å². The molecule has 0 atom stereocenters. The Hall–Kier alpha value is -2.15. The van der Waals surface area contributed by atoms with Crippen LogP contribution in [0.4, 0.5) is 0 Å². The number of hydrogen-bond acceptors (Lipinski definition) is 4. The van der Waals surface area contributed by atoms with Crippen molar-refractivity contribution in [1.29, 1.82) is 0 Å².